The molecule has 6 heteroatoms. The standard InChI is InChI=1S/C15H22N2O3S/c1-3-11(2)12-4-7-14(8-5-12)21(19,20)17-13-6-9-15(18)16-10-13/h4-5,7-8,11,13,17H,3,6,9-10H2,1-2H3,(H,16,18). The van der Waals surface area contributed by atoms with Crippen molar-refractivity contribution in [3.8, 4) is 0 Å². The zero-order valence-electron chi connectivity index (χ0n) is 12.4. The van der Waals surface area contributed by atoms with Gasteiger partial charge >= 0.3 is 0 Å². The Morgan fingerprint density at radius 3 is 2.52 bits per heavy atom. The third kappa shape index (κ3) is 4.04. The van der Waals surface area contributed by atoms with E-state index in [1.807, 2.05) is 12.1 Å². The van der Waals surface area contributed by atoms with Crippen LogP contribution in [0, 0.1) is 0 Å². The van der Waals surface area contributed by atoms with Gasteiger partial charge in [-0.3, -0.25) is 4.79 Å². The Bertz CT molecular complexity index is 586. The Hall–Kier alpha value is -1.40. The summed E-state index contributed by atoms with van der Waals surface area (Å²) in [4.78, 5) is 11.4. The zero-order chi connectivity index (χ0) is 15.5. The topological polar surface area (TPSA) is 75.3 Å². The highest BCUT2D eigenvalue weighted by Gasteiger charge is 2.24. The van der Waals surface area contributed by atoms with Crippen LogP contribution in [0.3, 0.4) is 0 Å². The molecule has 5 nitrogen and oxygen atoms in total. The van der Waals surface area contributed by atoms with E-state index in [-0.39, 0.29) is 16.8 Å². The van der Waals surface area contributed by atoms with Gasteiger partial charge in [-0.2, -0.15) is 0 Å². The largest absolute Gasteiger partial charge is 0.355 e. The SMILES string of the molecule is CCC(C)c1ccc(S(=O)(=O)NC2CCC(=O)NC2)cc1. The van der Waals surface area contributed by atoms with Crippen LogP contribution in [0.15, 0.2) is 29.2 Å². The van der Waals surface area contributed by atoms with Crippen LogP contribution in [-0.4, -0.2) is 26.9 Å². The average Bonchev–Trinajstić information content (AvgIpc) is 2.49. The number of nitrogens with one attached hydrogen (secondary N) is 2. The van der Waals surface area contributed by atoms with Gasteiger partial charge in [0.15, 0.2) is 0 Å². The quantitative estimate of drug-likeness (QED) is 0.870. The lowest BCUT2D eigenvalue weighted by atomic mass is 9.99. The van der Waals surface area contributed by atoms with Crippen LogP contribution in [0.2, 0.25) is 0 Å². The highest BCUT2D eigenvalue weighted by atomic mass is 32.2. The van der Waals surface area contributed by atoms with E-state index in [9.17, 15) is 13.2 Å². The normalized spacial score (nSPS) is 20.9. The predicted molar refractivity (Wildman–Crippen MR) is 81.5 cm³/mol. The molecule has 116 valence electrons. The van der Waals surface area contributed by atoms with Crippen LogP contribution in [0.5, 0.6) is 0 Å². The molecule has 2 N–H and O–H groups in total. The minimum absolute atomic E-state index is 0.0247. The molecule has 1 heterocycles. The lowest BCUT2D eigenvalue weighted by Crippen LogP contribution is -2.47. The summed E-state index contributed by atoms with van der Waals surface area (Å²) in [6, 6.07) is 6.79. The maximum absolute atomic E-state index is 12.3. The second kappa shape index (κ2) is 6.58. The molecule has 1 fully saturated rings. The van der Waals surface area contributed by atoms with Gasteiger partial charge in [-0.1, -0.05) is 26.0 Å². The third-order valence-corrected chi connectivity index (χ3v) is 5.50. The lowest BCUT2D eigenvalue weighted by Gasteiger charge is -2.23. The highest BCUT2D eigenvalue weighted by Crippen LogP contribution is 2.20. The summed E-state index contributed by atoms with van der Waals surface area (Å²) < 4.78 is 27.3. The van der Waals surface area contributed by atoms with Crippen LogP contribution >= 0.6 is 0 Å². The summed E-state index contributed by atoms with van der Waals surface area (Å²) in [5.41, 5.74) is 1.14. The molecule has 2 unspecified atom stereocenters. The number of hydrogen-bond donors (Lipinski definition) is 2. The van der Waals surface area contributed by atoms with Gasteiger partial charge in [0.05, 0.1) is 4.90 Å². The van der Waals surface area contributed by atoms with E-state index in [1.54, 1.807) is 12.1 Å². The van der Waals surface area contributed by atoms with Gasteiger partial charge in [0, 0.05) is 19.0 Å². The molecule has 0 radical (unpaired) electrons. The second-order valence-electron chi connectivity index (χ2n) is 5.54. The number of hydrogen-bond acceptors (Lipinski definition) is 3. The van der Waals surface area contributed by atoms with Crippen LogP contribution in [0.4, 0.5) is 0 Å². The molecule has 2 atom stereocenters. The van der Waals surface area contributed by atoms with E-state index in [1.165, 1.54) is 0 Å². The van der Waals surface area contributed by atoms with Crippen molar-refractivity contribution in [1.82, 2.24) is 10.0 Å². The molecule has 0 aliphatic carbocycles. The summed E-state index contributed by atoms with van der Waals surface area (Å²) in [5, 5.41) is 2.67. The molecule has 21 heavy (non-hydrogen) atoms. The van der Waals surface area contributed by atoms with Crippen LogP contribution in [-0.2, 0) is 14.8 Å². The van der Waals surface area contributed by atoms with Crippen molar-refractivity contribution in [1.29, 1.82) is 0 Å². The molecule has 0 saturated carbocycles. The van der Waals surface area contributed by atoms with Crippen molar-refractivity contribution < 1.29 is 13.2 Å². The van der Waals surface area contributed by atoms with Gasteiger partial charge in [0.25, 0.3) is 0 Å². The van der Waals surface area contributed by atoms with Gasteiger partial charge in [-0.25, -0.2) is 13.1 Å². The van der Waals surface area contributed by atoms with E-state index in [0.29, 0.717) is 25.3 Å². The molecule has 1 aromatic carbocycles. The Morgan fingerprint density at radius 2 is 2.00 bits per heavy atom. The first-order valence-corrected chi connectivity index (χ1v) is 8.79. The molecule has 0 aromatic heterocycles. The zero-order valence-corrected chi connectivity index (χ0v) is 13.2. The van der Waals surface area contributed by atoms with Crippen molar-refractivity contribution in [3.63, 3.8) is 0 Å². The summed E-state index contributed by atoms with van der Waals surface area (Å²) in [7, 11) is -3.53. The van der Waals surface area contributed by atoms with Gasteiger partial charge in [-0.05, 0) is 36.5 Å². The molecular formula is C15H22N2O3S. The highest BCUT2D eigenvalue weighted by molar-refractivity contribution is 7.89. The first-order valence-electron chi connectivity index (χ1n) is 7.31. The monoisotopic (exact) mass is 310 g/mol. The van der Waals surface area contributed by atoms with E-state index in [2.05, 4.69) is 23.9 Å². The molecule has 2 rings (SSSR count). The van der Waals surface area contributed by atoms with Gasteiger partial charge in [0.2, 0.25) is 15.9 Å². The lowest BCUT2D eigenvalue weighted by molar-refractivity contribution is -0.122. The Kier molecular flexibility index (Phi) is 5.00. The van der Waals surface area contributed by atoms with Crippen molar-refractivity contribution in [2.75, 3.05) is 6.54 Å². The van der Waals surface area contributed by atoms with E-state index < -0.39 is 10.0 Å². The fourth-order valence-electron chi connectivity index (χ4n) is 2.33. The third-order valence-electron chi connectivity index (χ3n) is 3.96. The number of benzene rings is 1. The minimum Gasteiger partial charge on any atom is -0.355 e. The first-order chi connectivity index (χ1) is 9.92. The Morgan fingerprint density at radius 1 is 1.33 bits per heavy atom. The van der Waals surface area contributed by atoms with Crippen LogP contribution in [0.1, 0.15) is 44.6 Å². The van der Waals surface area contributed by atoms with Gasteiger partial charge in [-0.15, -0.1) is 0 Å². The Balaban J connectivity index is 2.07. The van der Waals surface area contributed by atoms with Crippen LogP contribution < -0.4 is 10.0 Å². The molecule has 1 amide bonds. The molecule has 1 aliphatic rings. The number of carbonyl (C=O) groups excluding carboxylic acids is 1. The summed E-state index contributed by atoms with van der Waals surface area (Å²) in [6.07, 6.45) is 1.92. The van der Waals surface area contributed by atoms with Gasteiger partial charge < -0.3 is 5.32 Å². The maximum atomic E-state index is 12.3. The maximum Gasteiger partial charge on any atom is 0.240 e. The van der Waals surface area contributed by atoms with Crippen molar-refractivity contribution in [3.05, 3.63) is 29.8 Å². The van der Waals surface area contributed by atoms with Crippen LogP contribution in [0.25, 0.3) is 0 Å². The molecule has 1 aromatic rings. The van der Waals surface area contributed by atoms with Crippen molar-refractivity contribution in [2.45, 2.75) is 50.0 Å². The second-order valence-corrected chi connectivity index (χ2v) is 7.25. The molecule has 0 spiro atoms. The summed E-state index contributed by atoms with van der Waals surface area (Å²) in [5.74, 6) is 0.395. The Labute approximate surface area is 126 Å². The molecule has 1 saturated heterocycles. The van der Waals surface area contributed by atoms with E-state index in [4.69, 9.17) is 0 Å². The number of rotatable bonds is 5. The predicted octanol–water partition coefficient (Wildman–Crippen LogP) is 1.76. The van der Waals surface area contributed by atoms with E-state index in [0.717, 1.165) is 12.0 Å². The smallest absolute Gasteiger partial charge is 0.240 e. The average molecular weight is 310 g/mol. The van der Waals surface area contributed by atoms with E-state index >= 15 is 0 Å². The molecule has 1 aliphatic heterocycles. The van der Waals surface area contributed by atoms with Crippen molar-refractivity contribution in [2.24, 2.45) is 0 Å². The number of amides is 1. The number of sulfonamides is 1. The summed E-state index contributed by atoms with van der Waals surface area (Å²) in [6.45, 7) is 4.57. The fourth-order valence-corrected chi connectivity index (χ4v) is 3.60. The number of piperidine rings is 1. The minimum atomic E-state index is -3.53. The number of carbonyl (C=O) groups is 1. The van der Waals surface area contributed by atoms with Crippen molar-refractivity contribution >= 4 is 15.9 Å². The molecular weight excluding hydrogens is 288 g/mol. The molecule has 0 bridgehead atoms. The fraction of sp³-hybridized carbons (Fsp3) is 0.533. The first kappa shape index (κ1) is 16.0. The van der Waals surface area contributed by atoms with Gasteiger partial charge in [0.1, 0.15) is 0 Å². The summed E-state index contributed by atoms with van der Waals surface area (Å²) >= 11 is 0.